The third-order valence-corrected chi connectivity index (χ3v) is 6.97. The van der Waals surface area contributed by atoms with Gasteiger partial charge in [-0.1, -0.05) is 66.4 Å². The van der Waals surface area contributed by atoms with Gasteiger partial charge in [-0.05, 0) is 41.8 Å². The van der Waals surface area contributed by atoms with E-state index in [4.69, 9.17) is 0 Å². The van der Waals surface area contributed by atoms with Crippen LogP contribution in [0, 0.1) is 0 Å². The fraction of sp³-hybridized carbons (Fsp3) is 0.250. The molecule has 1 saturated heterocycles. The molecule has 5 rings (SSSR count). The Bertz CT molecular complexity index is 916. The average molecular weight is 373 g/mol. The summed E-state index contributed by atoms with van der Waals surface area (Å²) in [5.74, 6) is 0. The predicted molar refractivity (Wildman–Crippen MR) is 114 cm³/mol. The van der Waals surface area contributed by atoms with Crippen LogP contribution in [0.3, 0.4) is 0 Å². The minimum absolute atomic E-state index is 0.468. The molecule has 0 aromatic heterocycles. The third kappa shape index (κ3) is 3.38. The van der Waals surface area contributed by atoms with E-state index in [1.54, 1.807) is 0 Å². The maximum Gasteiger partial charge on any atom is 0.0401 e. The van der Waals surface area contributed by atoms with Gasteiger partial charge in [0.15, 0.2) is 0 Å². The predicted octanol–water partition coefficient (Wildman–Crippen LogP) is 5.26. The first kappa shape index (κ1) is 16.9. The molecule has 0 bridgehead atoms. The molecule has 0 saturated carbocycles. The van der Waals surface area contributed by atoms with E-state index < -0.39 is 0 Å². The standard InChI is InChI=1S/C24H24N2S/c1-2-9-20(10-3-1)25-14-16-26(17-15-25)22-18-19-8-4-6-12-23(19)27-24-13-7-5-11-21(22)24/h1-13,22H,14-18H2. The molecular weight excluding hydrogens is 348 g/mol. The van der Waals surface area contributed by atoms with E-state index in [0.29, 0.717) is 6.04 Å². The number of hydrogen-bond donors (Lipinski definition) is 0. The molecule has 0 aliphatic carbocycles. The van der Waals surface area contributed by atoms with Crippen molar-refractivity contribution < 1.29 is 0 Å². The Kier molecular flexibility index (Phi) is 4.64. The van der Waals surface area contributed by atoms with Crippen LogP contribution in [0.4, 0.5) is 5.69 Å². The highest BCUT2D eigenvalue weighted by Gasteiger charge is 2.29. The number of hydrogen-bond acceptors (Lipinski definition) is 3. The lowest BCUT2D eigenvalue weighted by atomic mass is 9.96. The summed E-state index contributed by atoms with van der Waals surface area (Å²) >= 11 is 1.93. The van der Waals surface area contributed by atoms with Gasteiger partial charge in [-0.15, -0.1) is 0 Å². The van der Waals surface area contributed by atoms with Crippen molar-refractivity contribution in [3.05, 3.63) is 90.0 Å². The maximum atomic E-state index is 2.70. The Balaban J connectivity index is 1.41. The fourth-order valence-electron chi connectivity index (χ4n) is 4.31. The Morgan fingerprint density at radius 1 is 0.667 bits per heavy atom. The first-order valence-electron chi connectivity index (χ1n) is 9.77. The molecule has 27 heavy (non-hydrogen) atoms. The monoisotopic (exact) mass is 372 g/mol. The summed E-state index contributed by atoms with van der Waals surface area (Å²) < 4.78 is 0. The average Bonchev–Trinajstić information content (AvgIpc) is 2.91. The number of piperazine rings is 1. The zero-order valence-electron chi connectivity index (χ0n) is 15.4. The molecule has 3 aromatic rings. The summed E-state index contributed by atoms with van der Waals surface area (Å²) in [5.41, 5.74) is 4.32. The van der Waals surface area contributed by atoms with E-state index in [1.807, 2.05) is 11.8 Å². The Hall–Kier alpha value is -2.23. The van der Waals surface area contributed by atoms with E-state index in [2.05, 4.69) is 88.7 Å². The van der Waals surface area contributed by atoms with Gasteiger partial charge in [-0.25, -0.2) is 0 Å². The Labute approximate surface area is 165 Å². The number of benzene rings is 3. The van der Waals surface area contributed by atoms with Crippen LogP contribution in [0.2, 0.25) is 0 Å². The lowest BCUT2D eigenvalue weighted by Crippen LogP contribution is -2.48. The van der Waals surface area contributed by atoms with Gasteiger partial charge in [0.1, 0.15) is 0 Å². The van der Waals surface area contributed by atoms with E-state index in [9.17, 15) is 0 Å². The molecule has 2 nitrogen and oxygen atoms in total. The molecule has 136 valence electrons. The third-order valence-electron chi connectivity index (χ3n) is 5.76. The fourth-order valence-corrected chi connectivity index (χ4v) is 5.45. The molecule has 2 aliphatic rings. The van der Waals surface area contributed by atoms with Crippen molar-refractivity contribution in [2.45, 2.75) is 22.3 Å². The SMILES string of the molecule is c1ccc(N2CCN(C3Cc4ccccc4Sc4ccccc43)CC2)cc1. The van der Waals surface area contributed by atoms with Crippen molar-refractivity contribution >= 4 is 17.4 Å². The van der Waals surface area contributed by atoms with Gasteiger partial charge >= 0.3 is 0 Å². The van der Waals surface area contributed by atoms with E-state index in [-0.39, 0.29) is 0 Å². The molecule has 0 spiro atoms. The van der Waals surface area contributed by atoms with Crippen molar-refractivity contribution in [3.63, 3.8) is 0 Å². The van der Waals surface area contributed by atoms with Crippen LogP contribution in [0.5, 0.6) is 0 Å². The van der Waals surface area contributed by atoms with Gasteiger partial charge in [-0.2, -0.15) is 0 Å². The summed E-state index contributed by atoms with van der Waals surface area (Å²) in [7, 11) is 0. The van der Waals surface area contributed by atoms with Crippen molar-refractivity contribution in [2.75, 3.05) is 31.1 Å². The molecule has 0 amide bonds. The highest BCUT2D eigenvalue weighted by Crippen LogP contribution is 2.42. The van der Waals surface area contributed by atoms with E-state index >= 15 is 0 Å². The first-order valence-corrected chi connectivity index (χ1v) is 10.6. The number of nitrogens with zero attached hydrogens (tertiary/aromatic N) is 2. The van der Waals surface area contributed by atoms with Gasteiger partial charge in [0.05, 0.1) is 0 Å². The van der Waals surface area contributed by atoms with E-state index in [0.717, 1.165) is 32.6 Å². The van der Waals surface area contributed by atoms with Crippen molar-refractivity contribution in [3.8, 4) is 0 Å². The zero-order chi connectivity index (χ0) is 18.1. The molecule has 0 radical (unpaired) electrons. The van der Waals surface area contributed by atoms with Crippen LogP contribution in [-0.2, 0) is 6.42 Å². The molecule has 1 unspecified atom stereocenters. The Morgan fingerprint density at radius 2 is 1.33 bits per heavy atom. The lowest BCUT2D eigenvalue weighted by Gasteiger charge is -2.40. The summed E-state index contributed by atoms with van der Waals surface area (Å²) in [6.07, 6.45) is 1.10. The molecular formula is C24H24N2S. The van der Waals surface area contributed by atoms with Gasteiger partial charge in [0.2, 0.25) is 0 Å². The summed E-state index contributed by atoms with van der Waals surface area (Å²) in [5, 5.41) is 0. The van der Waals surface area contributed by atoms with E-state index in [1.165, 1.54) is 26.6 Å². The minimum Gasteiger partial charge on any atom is -0.369 e. The van der Waals surface area contributed by atoms with Crippen molar-refractivity contribution in [1.82, 2.24) is 4.90 Å². The van der Waals surface area contributed by atoms with Crippen LogP contribution in [-0.4, -0.2) is 31.1 Å². The molecule has 3 aromatic carbocycles. The summed E-state index contributed by atoms with van der Waals surface area (Å²) in [6.45, 7) is 4.41. The van der Waals surface area contributed by atoms with Crippen LogP contribution >= 0.6 is 11.8 Å². The number of rotatable bonds is 2. The Morgan fingerprint density at radius 3 is 2.15 bits per heavy atom. The second kappa shape index (κ2) is 7.41. The minimum atomic E-state index is 0.468. The number of anilines is 1. The van der Waals surface area contributed by atoms with Crippen LogP contribution in [0.15, 0.2) is 88.7 Å². The van der Waals surface area contributed by atoms with Crippen molar-refractivity contribution in [2.24, 2.45) is 0 Å². The normalized spacial score (nSPS) is 19.9. The lowest BCUT2D eigenvalue weighted by molar-refractivity contribution is 0.182. The van der Waals surface area contributed by atoms with Crippen LogP contribution in [0.25, 0.3) is 0 Å². The van der Waals surface area contributed by atoms with Gasteiger partial charge in [-0.3, -0.25) is 4.90 Å². The van der Waals surface area contributed by atoms with Gasteiger partial charge < -0.3 is 4.90 Å². The van der Waals surface area contributed by atoms with Gasteiger partial charge in [0, 0.05) is 47.7 Å². The largest absolute Gasteiger partial charge is 0.369 e. The zero-order valence-corrected chi connectivity index (χ0v) is 16.2. The van der Waals surface area contributed by atoms with Gasteiger partial charge in [0.25, 0.3) is 0 Å². The summed E-state index contributed by atoms with van der Waals surface area (Å²) in [4.78, 5) is 8.04. The van der Waals surface area contributed by atoms with Crippen LogP contribution in [0.1, 0.15) is 17.2 Å². The number of para-hydroxylation sites is 1. The topological polar surface area (TPSA) is 6.48 Å². The molecule has 0 N–H and O–H groups in total. The first-order chi connectivity index (χ1) is 13.4. The molecule has 3 heteroatoms. The summed E-state index contributed by atoms with van der Waals surface area (Å²) in [6, 6.07) is 29.2. The maximum absolute atomic E-state index is 2.70. The quantitative estimate of drug-likeness (QED) is 0.606. The second-order valence-corrected chi connectivity index (χ2v) is 8.41. The molecule has 2 aliphatic heterocycles. The second-order valence-electron chi connectivity index (χ2n) is 7.33. The molecule has 1 atom stereocenters. The van der Waals surface area contributed by atoms with Crippen molar-refractivity contribution in [1.29, 1.82) is 0 Å². The highest BCUT2D eigenvalue weighted by atomic mass is 32.2. The number of fused-ring (bicyclic) bond motifs is 2. The van der Waals surface area contributed by atoms with Crippen LogP contribution < -0.4 is 4.90 Å². The highest BCUT2D eigenvalue weighted by molar-refractivity contribution is 7.99. The molecule has 1 fully saturated rings. The molecule has 2 heterocycles. The smallest absolute Gasteiger partial charge is 0.0401 e.